The summed E-state index contributed by atoms with van der Waals surface area (Å²) in [5.41, 5.74) is 11.2. The van der Waals surface area contributed by atoms with Crippen LogP contribution < -0.4 is 4.90 Å². The molecular formula is C38H33NO2. The molecule has 0 saturated heterocycles. The number of ether oxygens (including phenoxy) is 1. The highest BCUT2D eigenvalue weighted by Gasteiger charge is 2.13. The summed E-state index contributed by atoms with van der Waals surface area (Å²) in [4.78, 5) is 13.7. The van der Waals surface area contributed by atoms with Crippen LogP contribution >= 0.6 is 0 Å². The van der Waals surface area contributed by atoms with Gasteiger partial charge in [0.2, 0.25) is 0 Å². The molecule has 5 aromatic carbocycles. The fourth-order valence-corrected chi connectivity index (χ4v) is 4.67. The maximum absolute atomic E-state index is 11.5. The van der Waals surface area contributed by atoms with Crippen LogP contribution in [-0.2, 0) is 16.1 Å². The molecule has 0 bridgehead atoms. The summed E-state index contributed by atoms with van der Waals surface area (Å²) in [6.45, 7) is 7.86. The maximum Gasteiger partial charge on any atom is 0.330 e. The largest absolute Gasteiger partial charge is 0.458 e. The maximum atomic E-state index is 11.5. The number of nitrogens with zero attached hydrogens (tertiary/aromatic N) is 1. The molecule has 0 unspecified atom stereocenters. The third-order valence-corrected chi connectivity index (χ3v) is 6.94. The van der Waals surface area contributed by atoms with Gasteiger partial charge in [-0.2, -0.15) is 0 Å². The van der Waals surface area contributed by atoms with Crippen molar-refractivity contribution in [1.82, 2.24) is 0 Å². The molecular weight excluding hydrogens is 502 g/mol. The minimum atomic E-state index is -0.428. The number of carbonyl (C=O) groups is 1. The van der Waals surface area contributed by atoms with Crippen molar-refractivity contribution in [3.05, 3.63) is 173 Å². The van der Waals surface area contributed by atoms with E-state index in [1.165, 1.54) is 33.9 Å². The predicted octanol–water partition coefficient (Wildman–Crippen LogP) is 9.59. The summed E-state index contributed by atoms with van der Waals surface area (Å²) in [6, 6.07) is 44.4. The van der Waals surface area contributed by atoms with Gasteiger partial charge in [-0.25, -0.2) is 4.79 Å². The summed E-state index contributed by atoms with van der Waals surface area (Å²) >= 11 is 0. The summed E-state index contributed by atoms with van der Waals surface area (Å²) < 4.78 is 5.20. The van der Waals surface area contributed by atoms with Gasteiger partial charge in [-0.15, -0.1) is 0 Å². The van der Waals surface area contributed by atoms with Crippen LogP contribution in [0.2, 0.25) is 0 Å². The molecule has 3 nitrogen and oxygen atoms in total. The molecule has 0 spiro atoms. The molecule has 0 aliphatic heterocycles. The third kappa shape index (κ3) is 6.90. The van der Waals surface area contributed by atoms with Gasteiger partial charge in [0, 0.05) is 23.1 Å². The van der Waals surface area contributed by atoms with Crippen LogP contribution in [0.25, 0.3) is 11.6 Å². The van der Waals surface area contributed by atoms with E-state index in [1.807, 2.05) is 18.2 Å². The molecule has 0 saturated carbocycles. The molecule has 0 aliphatic rings. The van der Waals surface area contributed by atoms with E-state index in [2.05, 4.69) is 141 Å². The van der Waals surface area contributed by atoms with Crippen LogP contribution in [0.3, 0.4) is 0 Å². The molecule has 0 aromatic heterocycles. The average Bonchev–Trinajstić information content (AvgIpc) is 3.02. The Bertz CT molecular complexity index is 1630. The van der Waals surface area contributed by atoms with Gasteiger partial charge < -0.3 is 9.64 Å². The van der Waals surface area contributed by atoms with E-state index < -0.39 is 5.97 Å². The number of aryl methyl sites for hydroxylation is 2. The fourth-order valence-electron chi connectivity index (χ4n) is 4.67. The lowest BCUT2D eigenvalue weighted by Crippen LogP contribution is -2.10. The highest BCUT2D eigenvalue weighted by molar-refractivity contribution is 5.91. The quantitative estimate of drug-likeness (QED) is 0.107. The topological polar surface area (TPSA) is 29.5 Å². The molecule has 0 heterocycles. The lowest BCUT2D eigenvalue weighted by atomic mass is 9.95. The van der Waals surface area contributed by atoms with Crippen LogP contribution in [0.15, 0.2) is 140 Å². The van der Waals surface area contributed by atoms with E-state index in [4.69, 9.17) is 4.74 Å². The number of esters is 1. The zero-order chi connectivity index (χ0) is 28.6. The zero-order valence-corrected chi connectivity index (χ0v) is 23.5. The predicted molar refractivity (Wildman–Crippen MR) is 170 cm³/mol. The Hall–Kier alpha value is -5.15. The Balaban J connectivity index is 1.49. The van der Waals surface area contributed by atoms with Crippen molar-refractivity contribution in [2.45, 2.75) is 20.5 Å². The average molecular weight is 536 g/mol. The van der Waals surface area contributed by atoms with E-state index in [1.54, 1.807) is 0 Å². The van der Waals surface area contributed by atoms with Gasteiger partial charge in [-0.1, -0.05) is 109 Å². The molecule has 5 aromatic rings. The fraction of sp³-hybridized carbons (Fsp3) is 0.0789. The highest BCUT2D eigenvalue weighted by Crippen LogP contribution is 2.35. The first-order chi connectivity index (χ1) is 20.0. The zero-order valence-electron chi connectivity index (χ0n) is 23.5. The second kappa shape index (κ2) is 12.8. The standard InChI is InChI=1S/C38H33NO2/c1-4-38(40)41-27-31-16-24-36(25-17-31)39(34-20-12-29(3)13-21-34)35-22-14-30(15-23-35)26-37(32-8-6-5-7-9-32)33-18-10-28(2)11-19-33/h4-26H,1,27H2,2-3H3/b37-26+. The summed E-state index contributed by atoms with van der Waals surface area (Å²) in [7, 11) is 0. The Morgan fingerprint density at radius 3 is 1.71 bits per heavy atom. The van der Waals surface area contributed by atoms with Crippen molar-refractivity contribution in [3.8, 4) is 0 Å². The van der Waals surface area contributed by atoms with Crippen molar-refractivity contribution in [2.24, 2.45) is 0 Å². The molecule has 0 atom stereocenters. The monoisotopic (exact) mass is 535 g/mol. The van der Waals surface area contributed by atoms with E-state index in [9.17, 15) is 4.79 Å². The number of rotatable bonds is 9. The van der Waals surface area contributed by atoms with Crippen LogP contribution in [0.4, 0.5) is 17.1 Å². The Morgan fingerprint density at radius 1 is 0.659 bits per heavy atom. The van der Waals surface area contributed by atoms with E-state index in [0.29, 0.717) is 0 Å². The van der Waals surface area contributed by atoms with Crippen molar-refractivity contribution >= 4 is 34.7 Å². The number of hydrogen-bond donors (Lipinski definition) is 0. The van der Waals surface area contributed by atoms with Crippen LogP contribution in [0.1, 0.15) is 33.4 Å². The SMILES string of the molecule is C=CC(=O)OCc1ccc(N(c2ccc(C)cc2)c2ccc(/C=C(\c3ccccc3)c3ccc(C)cc3)cc2)cc1. The molecule has 0 fully saturated rings. The first kappa shape index (κ1) is 27.4. The lowest BCUT2D eigenvalue weighted by Gasteiger charge is -2.26. The first-order valence-electron chi connectivity index (χ1n) is 13.7. The summed E-state index contributed by atoms with van der Waals surface area (Å²) in [5, 5.41) is 0. The Labute approximate surface area is 242 Å². The molecule has 0 amide bonds. The second-order valence-electron chi connectivity index (χ2n) is 10.0. The second-order valence-corrected chi connectivity index (χ2v) is 10.0. The van der Waals surface area contributed by atoms with Crippen molar-refractivity contribution in [2.75, 3.05) is 4.90 Å². The van der Waals surface area contributed by atoms with E-state index >= 15 is 0 Å². The normalized spacial score (nSPS) is 11.1. The molecule has 0 radical (unpaired) electrons. The molecule has 41 heavy (non-hydrogen) atoms. The number of benzene rings is 5. The van der Waals surface area contributed by atoms with Gasteiger partial charge in [0.05, 0.1) is 0 Å². The molecule has 0 aliphatic carbocycles. The summed E-state index contributed by atoms with van der Waals surface area (Å²) in [6.07, 6.45) is 3.43. The third-order valence-electron chi connectivity index (χ3n) is 6.94. The number of carbonyl (C=O) groups excluding carboxylic acids is 1. The van der Waals surface area contributed by atoms with Crippen LogP contribution in [0, 0.1) is 13.8 Å². The van der Waals surface area contributed by atoms with Gasteiger partial charge in [0.1, 0.15) is 6.61 Å². The molecule has 0 N–H and O–H groups in total. The minimum absolute atomic E-state index is 0.210. The minimum Gasteiger partial charge on any atom is -0.458 e. The first-order valence-corrected chi connectivity index (χ1v) is 13.7. The van der Waals surface area contributed by atoms with Gasteiger partial charge in [-0.05, 0) is 84.1 Å². The molecule has 202 valence electrons. The number of anilines is 3. The van der Waals surface area contributed by atoms with E-state index in [0.717, 1.165) is 28.2 Å². The number of hydrogen-bond acceptors (Lipinski definition) is 3. The van der Waals surface area contributed by atoms with Crippen molar-refractivity contribution in [3.63, 3.8) is 0 Å². The summed E-state index contributed by atoms with van der Waals surface area (Å²) in [5.74, 6) is -0.428. The van der Waals surface area contributed by atoms with Gasteiger partial charge in [0.15, 0.2) is 0 Å². The Morgan fingerprint density at radius 2 is 1.15 bits per heavy atom. The van der Waals surface area contributed by atoms with Crippen molar-refractivity contribution in [1.29, 1.82) is 0 Å². The van der Waals surface area contributed by atoms with Gasteiger partial charge >= 0.3 is 5.97 Å². The smallest absolute Gasteiger partial charge is 0.330 e. The van der Waals surface area contributed by atoms with Crippen LogP contribution in [-0.4, -0.2) is 5.97 Å². The Kier molecular flexibility index (Phi) is 8.56. The lowest BCUT2D eigenvalue weighted by molar-refractivity contribution is -0.138. The van der Waals surface area contributed by atoms with E-state index in [-0.39, 0.29) is 6.61 Å². The molecule has 5 rings (SSSR count). The van der Waals surface area contributed by atoms with Gasteiger partial charge in [-0.3, -0.25) is 0 Å². The highest BCUT2D eigenvalue weighted by atomic mass is 16.5. The van der Waals surface area contributed by atoms with Crippen LogP contribution in [0.5, 0.6) is 0 Å². The van der Waals surface area contributed by atoms with Gasteiger partial charge in [0.25, 0.3) is 0 Å². The van der Waals surface area contributed by atoms with Crippen molar-refractivity contribution < 1.29 is 9.53 Å². The molecule has 3 heteroatoms.